The van der Waals surface area contributed by atoms with E-state index in [9.17, 15) is 8.60 Å². The van der Waals surface area contributed by atoms with Crippen molar-refractivity contribution < 1.29 is 8.60 Å². The van der Waals surface area contributed by atoms with Crippen LogP contribution in [0.25, 0.3) is 17.2 Å². The maximum atomic E-state index is 13.6. The summed E-state index contributed by atoms with van der Waals surface area (Å²) in [6.45, 7) is 8.19. The average molecular weight is 357 g/mol. The van der Waals surface area contributed by atoms with Crippen LogP contribution in [0, 0.1) is 5.82 Å². The highest BCUT2D eigenvalue weighted by molar-refractivity contribution is 7.84. The molecule has 0 aliphatic heterocycles. The van der Waals surface area contributed by atoms with Gasteiger partial charge in [0.1, 0.15) is 5.82 Å². The van der Waals surface area contributed by atoms with Crippen molar-refractivity contribution in [3.05, 3.63) is 70.5 Å². The summed E-state index contributed by atoms with van der Waals surface area (Å²) in [7, 11) is -0.966. The lowest BCUT2D eigenvalue weighted by Gasteiger charge is -2.05. The van der Waals surface area contributed by atoms with Crippen molar-refractivity contribution in [2.75, 3.05) is 6.26 Å². The molecule has 1 nitrogen and oxygen atoms in total. The van der Waals surface area contributed by atoms with Gasteiger partial charge in [0.2, 0.25) is 0 Å². The second-order valence-electron chi connectivity index (χ2n) is 5.73. The Hall–Kier alpha value is -2.00. The van der Waals surface area contributed by atoms with Crippen LogP contribution in [0.4, 0.5) is 4.39 Å². The molecule has 1 unspecified atom stereocenters. The van der Waals surface area contributed by atoms with Gasteiger partial charge in [0.25, 0.3) is 0 Å². The Labute approximate surface area is 152 Å². The molecule has 3 rings (SSSR count). The van der Waals surface area contributed by atoms with Gasteiger partial charge in [0, 0.05) is 22.0 Å². The van der Waals surface area contributed by atoms with E-state index in [1.54, 1.807) is 12.3 Å². The van der Waals surface area contributed by atoms with E-state index in [1.807, 2.05) is 44.2 Å². The summed E-state index contributed by atoms with van der Waals surface area (Å²) in [6, 6.07) is 12.7. The minimum absolute atomic E-state index is 0.196. The van der Waals surface area contributed by atoms with Gasteiger partial charge in [-0.3, -0.25) is 4.21 Å². The second-order valence-corrected chi connectivity index (χ2v) is 7.11. The summed E-state index contributed by atoms with van der Waals surface area (Å²) >= 11 is 0. The van der Waals surface area contributed by atoms with E-state index < -0.39 is 10.8 Å². The molecule has 2 aromatic rings. The lowest BCUT2D eigenvalue weighted by atomic mass is 10.0. The quantitative estimate of drug-likeness (QED) is 0.628. The minimum atomic E-state index is -0.966. The fraction of sp³-hybridized carbons (Fsp3) is 0.273. The van der Waals surface area contributed by atoms with E-state index in [4.69, 9.17) is 0 Å². The topological polar surface area (TPSA) is 17.1 Å². The SMILES string of the molecule is CC.CCC1=C(C)/C(=C\c2ccc(S(C)=O)cc2)c2ccc(F)cc21. The molecule has 0 radical (unpaired) electrons. The van der Waals surface area contributed by atoms with Crippen LogP contribution in [0.1, 0.15) is 50.8 Å². The molecule has 0 bridgehead atoms. The molecule has 1 aliphatic rings. The molecule has 1 atom stereocenters. The summed E-state index contributed by atoms with van der Waals surface area (Å²) in [4.78, 5) is 0.822. The molecule has 0 amide bonds. The van der Waals surface area contributed by atoms with Crippen molar-refractivity contribution in [3.63, 3.8) is 0 Å². The number of benzene rings is 2. The molecule has 3 heteroatoms. The summed E-state index contributed by atoms with van der Waals surface area (Å²) in [5, 5.41) is 0. The van der Waals surface area contributed by atoms with Gasteiger partial charge in [0.05, 0.1) is 0 Å². The normalized spacial score (nSPS) is 15.7. The third-order valence-electron chi connectivity index (χ3n) is 4.33. The van der Waals surface area contributed by atoms with E-state index in [0.717, 1.165) is 33.6 Å². The fourth-order valence-electron chi connectivity index (χ4n) is 3.13. The zero-order valence-electron chi connectivity index (χ0n) is 15.5. The largest absolute Gasteiger partial charge is 0.255 e. The molecule has 0 spiro atoms. The molecule has 0 N–H and O–H groups in total. The first kappa shape index (κ1) is 19.3. The molecule has 1 aliphatic carbocycles. The Bertz CT molecular complexity index is 845. The average Bonchev–Trinajstić information content (AvgIpc) is 2.88. The third-order valence-corrected chi connectivity index (χ3v) is 5.27. The smallest absolute Gasteiger partial charge is 0.123 e. The van der Waals surface area contributed by atoms with E-state index in [-0.39, 0.29) is 5.82 Å². The van der Waals surface area contributed by atoms with Crippen LogP contribution >= 0.6 is 0 Å². The molecular weight excluding hydrogens is 331 g/mol. The van der Waals surface area contributed by atoms with Crippen LogP contribution in [-0.2, 0) is 10.8 Å². The first-order valence-electron chi connectivity index (χ1n) is 8.67. The van der Waals surface area contributed by atoms with Gasteiger partial charge in [-0.15, -0.1) is 0 Å². The summed E-state index contributed by atoms with van der Waals surface area (Å²) in [5.74, 6) is -0.196. The number of halogens is 1. The maximum Gasteiger partial charge on any atom is 0.123 e. The van der Waals surface area contributed by atoms with Gasteiger partial charge in [-0.1, -0.05) is 39.0 Å². The monoisotopic (exact) mass is 356 g/mol. The molecule has 132 valence electrons. The van der Waals surface area contributed by atoms with Crippen LogP contribution < -0.4 is 0 Å². The lowest BCUT2D eigenvalue weighted by molar-refractivity contribution is 0.627. The standard InChI is InChI=1S/C20H19FOS.C2H6/c1-4-17-13(2)19(18-10-7-15(21)12-20(17)18)11-14-5-8-16(9-6-14)23(3)22;1-2/h5-12H,4H2,1-3H3;1-2H3/b19-11+;. The van der Waals surface area contributed by atoms with Crippen molar-refractivity contribution in [3.8, 4) is 0 Å². The van der Waals surface area contributed by atoms with E-state index in [0.29, 0.717) is 0 Å². The third kappa shape index (κ3) is 3.98. The molecule has 0 fully saturated rings. The highest BCUT2D eigenvalue weighted by Gasteiger charge is 2.22. The summed E-state index contributed by atoms with van der Waals surface area (Å²) < 4.78 is 25.1. The van der Waals surface area contributed by atoms with Gasteiger partial charge in [-0.25, -0.2) is 4.39 Å². The lowest BCUT2D eigenvalue weighted by Crippen LogP contribution is -1.88. The Morgan fingerprint density at radius 3 is 2.24 bits per heavy atom. The van der Waals surface area contributed by atoms with Gasteiger partial charge in [-0.2, -0.15) is 0 Å². The number of rotatable bonds is 3. The predicted molar refractivity (Wildman–Crippen MR) is 107 cm³/mol. The molecule has 0 saturated carbocycles. The van der Waals surface area contributed by atoms with Crippen LogP contribution in [0.15, 0.2) is 52.9 Å². The molecule has 2 aromatic carbocycles. The molecule has 0 heterocycles. The number of hydrogen-bond acceptors (Lipinski definition) is 1. The number of hydrogen-bond donors (Lipinski definition) is 0. The Morgan fingerprint density at radius 1 is 1.04 bits per heavy atom. The van der Waals surface area contributed by atoms with Crippen LogP contribution in [0.3, 0.4) is 0 Å². The molecule has 0 saturated heterocycles. The zero-order valence-corrected chi connectivity index (χ0v) is 16.3. The van der Waals surface area contributed by atoms with Crippen molar-refractivity contribution in [1.29, 1.82) is 0 Å². The van der Waals surface area contributed by atoms with Gasteiger partial charge >= 0.3 is 0 Å². The second kappa shape index (κ2) is 8.39. The Morgan fingerprint density at radius 2 is 1.68 bits per heavy atom. The van der Waals surface area contributed by atoms with E-state index >= 15 is 0 Å². The Balaban J connectivity index is 0.00000109. The highest BCUT2D eigenvalue weighted by Crippen LogP contribution is 2.43. The van der Waals surface area contributed by atoms with Crippen molar-refractivity contribution >= 4 is 28.0 Å². The Kier molecular flexibility index (Phi) is 6.49. The summed E-state index contributed by atoms with van der Waals surface area (Å²) in [6.07, 6.45) is 4.68. The van der Waals surface area contributed by atoms with E-state index in [2.05, 4.69) is 19.9 Å². The molecule has 25 heavy (non-hydrogen) atoms. The van der Waals surface area contributed by atoms with Gasteiger partial charge < -0.3 is 0 Å². The fourth-order valence-corrected chi connectivity index (χ4v) is 3.65. The maximum absolute atomic E-state index is 13.6. The molecule has 0 aromatic heterocycles. The van der Waals surface area contributed by atoms with Crippen molar-refractivity contribution in [2.24, 2.45) is 0 Å². The van der Waals surface area contributed by atoms with Gasteiger partial charge in [-0.05, 0) is 77.1 Å². The zero-order chi connectivity index (χ0) is 18.6. The first-order valence-corrected chi connectivity index (χ1v) is 10.2. The minimum Gasteiger partial charge on any atom is -0.255 e. The first-order chi connectivity index (χ1) is 12.0. The highest BCUT2D eigenvalue weighted by atomic mass is 32.2. The van der Waals surface area contributed by atoms with Crippen LogP contribution in [0.2, 0.25) is 0 Å². The number of allylic oxidation sites excluding steroid dienone is 3. The summed E-state index contributed by atoms with van der Waals surface area (Å²) in [5.41, 5.74) is 6.70. The molecular formula is C22H25FOS. The number of fused-ring (bicyclic) bond motifs is 1. The van der Waals surface area contributed by atoms with Crippen LogP contribution in [0.5, 0.6) is 0 Å². The van der Waals surface area contributed by atoms with Crippen molar-refractivity contribution in [2.45, 2.75) is 39.0 Å². The predicted octanol–water partition coefficient (Wildman–Crippen LogP) is 6.33. The van der Waals surface area contributed by atoms with E-state index in [1.165, 1.54) is 17.2 Å². The van der Waals surface area contributed by atoms with Gasteiger partial charge in [0.15, 0.2) is 0 Å². The van der Waals surface area contributed by atoms with Crippen LogP contribution in [-0.4, -0.2) is 10.5 Å². The van der Waals surface area contributed by atoms with Crippen molar-refractivity contribution in [1.82, 2.24) is 0 Å².